The van der Waals surface area contributed by atoms with Gasteiger partial charge in [0, 0.05) is 25.7 Å². The summed E-state index contributed by atoms with van der Waals surface area (Å²) in [6.45, 7) is 11.3. The van der Waals surface area contributed by atoms with Crippen molar-refractivity contribution in [2.24, 2.45) is 10.9 Å². The number of nitrogens with zero attached hydrogens (tertiary/aromatic N) is 1. The van der Waals surface area contributed by atoms with Gasteiger partial charge in [0.25, 0.3) is 0 Å². The Labute approximate surface area is 129 Å². The molecule has 0 saturated heterocycles. The minimum absolute atomic E-state index is 0.0135. The van der Waals surface area contributed by atoms with Gasteiger partial charge < -0.3 is 20.7 Å². The maximum Gasteiger partial charge on any atom is 0.407 e. The molecular weight excluding hydrogens is 268 g/mol. The van der Waals surface area contributed by atoms with Crippen LogP contribution in [0.3, 0.4) is 0 Å². The zero-order valence-corrected chi connectivity index (χ0v) is 14.3. The van der Waals surface area contributed by atoms with E-state index in [1.54, 1.807) is 14.0 Å². The van der Waals surface area contributed by atoms with E-state index in [1.807, 2.05) is 0 Å². The lowest BCUT2D eigenvalue weighted by atomic mass is 10.0. The summed E-state index contributed by atoms with van der Waals surface area (Å²) in [4.78, 5) is 15.8. The van der Waals surface area contributed by atoms with Crippen molar-refractivity contribution in [1.29, 1.82) is 0 Å². The normalized spacial score (nSPS) is 14.5. The molecule has 0 aromatic heterocycles. The maximum absolute atomic E-state index is 11.6. The molecule has 2 atom stereocenters. The first kappa shape index (κ1) is 19.5. The Morgan fingerprint density at radius 2 is 1.86 bits per heavy atom. The molecule has 3 N–H and O–H groups in total. The highest BCUT2D eigenvalue weighted by atomic mass is 16.5. The molecule has 0 aromatic rings. The Hall–Kier alpha value is -1.46. The molecule has 0 aliphatic heterocycles. The van der Waals surface area contributed by atoms with E-state index in [2.05, 4.69) is 48.6 Å². The summed E-state index contributed by atoms with van der Waals surface area (Å²) < 4.78 is 4.95. The largest absolute Gasteiger partial charge is 0.450 e. The van der Waals surface area contributed by atoms with Crippen LogP contribution >= 0.6 is 0 Å². The van der Waals surface area contributed by atoms with Gasteiger partial charge in [-0.05, 0) is 32.6 Å². The fraction of sp³-hybridized carbons (Fsp3) is 0.867. The number of hydrogen-bond acceptors (Lipinski definition) is 3. The van der Waals surface area contributed by atoms with Crippen LogP contribution in [0, 0.1) is 5.92 Å². The smallest absolute Gasteiger partial charge is 0.407 e. The van der Waals surface area contributed by atoms with Crippen LogP contribution in [0.4, 0.5) is 4.79 Å². The zero-order valence-electron chi connectivity index (χ0n) is 14.3. The number of carbonyl (C=O) groups is 1. The summed E-state index contributed by atoms with van der Waals surface area (Å²) >= 11 is 0. The Morgan fingerprint density at radius 3 is 2.33 bits per heavy atom. The van der Waals surface area contributed by atoms with Crippen molar-refractivity contribution in [3.63, 3.8) is 0 Å². The van der Waals surface area contributed by atoms with Gasteiger partial charge in [0.1, 0.15) is 0 Å². The lowest BCUT2D eigenvalue weighted by molar-refractivity contribution is 0.146. The molecule has 1 amide bonds. The second-order valence-electron chi connectivity index (χ2n) is 5.60. The molecule has 124 valence electrons. The Morgan fingerprint density at radius 1 is 1.19 bits per heavy atom. The molecule has 21 heavy (non-hydrogen) atoms. The molecule has 0 aromatic carbocycles. The third kappa shape index (κ3) is 9.98. The molecule has 0 bridgehead atoms. The van der Waals surface area contributed by atoms with Crippen LogP contribution in [0.25, 0.3) is 0 Å². The number of aliphatic imine (C=N–C) groups is 1. The number of ether oxygens (including phenoxy) is 1. The van der Waals surface area contributed by atoms with Crippen molar-refractivity contribution < 1.29 is 9.53 Å². The summed E-state index contributed by atoms with van der Waals surface area (Å²) in [6, 6.07) is 0.372. The average Bonchev–Trinajstić information content (AvgIpc) is 2.42. The Balaban J connectivity index is 4.41. The van der Waals surface area contributed by atoms with Crippen LogP contribution in [0.15, 0.2) is 4.99 Å². The minimum atomic E-state index is -0.366. The molecule has 0 aliphatic carbocycles. The summed E-state index contributed by atoms with van der Waals surface area (Å²) in [5.74, 6) is 1.24. The van der Waals surface area contributed by atoms with Crippen molar-refractivity contribution in [3.05, 3.63) is 0 Å². The number of rotatable bonds is 8. The highest BCUT2D eigenvalue weighted by molar-refractivity contribution is 5.80. The van der Waals surface area contributed by atoms with E-state index < -0.39 is 0 Å². The highest BCUT2D eigenvalue weighted by Gasteiger charge is 2.15. The van der Waals surface area contributed by atoms with Crippen LogP contribution in [0.2, 0.25) is 0 Å². The van der Waals surface area contributed by atoms with Gasteiger partial charge in [0.05, 0.1) is 6.61 Å². The summed E-state index contributed by atoms with van der Waals surface area (Å²) in [6.07, 6.45) is 1.54. The summed E-state index contributed by atoms with van der Waals surface area (Å²) in [5.41, 5.74) is 0. The number of amides is 1. The van der Waals surface area contributed by atoms with Crippen molar-refractivity contribution in [2.75, 3.05) is 20.2 Å². The second-order valence-corrected chi connectivity index (χ2v) is 5.60. The molecule has 0 spiro atoms. The Bertz CT molecular complexity index is 319. The van der Waals surface area contributed by atoms with Gasteiger partial charge in [-0.15, -0.1) is 0 Å². The summed E-state index contributed by atoms with van der Waals surface area (Å²) in [7, 11) is 1.74. The van der Waals surface area contributed by atoms with Crippen LogP contribution < -0.4 is 16.0 Å². The molecular formula is C15H32N4O2. The molecule has 0 aliphatic rings. The minimum Gasteiger partial charge on any atom is -0.450 e. The highest BCUT2D eigenvalue weighted by Crippen LogP contribution is 2.04. The summed E-state index contributed by atoms with van der Waals surface area (Å²) in [5, 5.41) is 9.44. The zero-order chi connectivity index (χ0) is 16.3. The van der Waals surface area contributed by atoms with Crippen molar-refractivity contribution in [3.8, 4) is 0 Å². The van der Waals surface area contributed by atoms with E-state index in [-0.39, 0.29) is 12.1 Å². The average molecular weight is 300 g/mol. The third-order valence-electron chi connectivity index (χ3n) is 3.09. The predicted octanol–water partition coefficient (Wildman–Crippen LogP) is 2.11. The third-order valence-corrected chi connectivity index (χ3v) is 3.09. The first-order valence-corrected chi connectivity index (χ1v) is 7.83. The van der Waals surface area contributed by atoms with Crippen LogP contribution in [0.5, 0.6) is 0 Å². The van der Waals surface area contributed by atoms with E-state index in [9.17, 15) is 4.79 Å². The molecule has 0 saturated carbocycles. The number of nitrogens with one attached hydrogen (secondary N) is 3. The molecule has 0 fully saturated rings. The monoisotopic (exact) mass is 300 g/mol. The number of hydrogen-bond donors (Lipinski definition) is 3. The molecule has 0 rings (SSSR count). The molecule has 2 unspecified atom stereocenters. The van der Waals surface area contributed by atoms with Gasteiger partial charge in [0.2, 0.25) is 0 Å². The van der Waals surface area contributed by atoms with Crippen LogP contribution in [-0.2, 0) is 4.74 Å². The fourth-order valence-corrected chi connectivity index (χ4v) is 1.85. The van der Waals surface area contributed by atoms with Gasteiger partial charge in [-0.25, -0.2) is 4.79 Å². The van der Waals surface area contributed by atoms with Gasteiger partial charge in [-0.1, -0.05) is 20.8 Å². The molecule has 0 radical (unpaired) electrons. The van der Waals surface area contributed by atoms with E-state index in [0.717, 1.165) is 18.8 Å². The van der Waals surface area contributed by atoms with Gasteiger partial charge in [-0.2, -0.15) is 0 Å². The standard InChI is InChI=1S/C15H32N4O2/c1-7-12(5)18-14(16-6)17-10-13(9-11(3)4)19-15(20)21-8-2/h11-13H,7-10H2,1-6H3,(H,19,20)(H2,16,17,18). The van der Waals surface area contributed by atoms with Gasteiger partial charge in [-0.3, -0.25) is 4.99 Å². The fourth-order valence-electron chi connectivity index (χ4n) is 1.85. The lowest BCUT2D eigenvalue weighted by Gasteiger charge is -2.23. The first-order chi connectivity index (χ1) is 9.92. The lowest BCUT2D eigenvalue weighted by Crippen LogP contribution is -2.49. The van der Waals surface area contributed by atoms with E-state index in [4.69, 9.17) is 4.74 Å². The Kier molecular flexibility index (Phi) is 10.4. The quantitative estimate of drug-likeness (QED) is 0.474. The topological polar surface area (TPSA) is 74.8 Å². The van der Waals surface area contributed by atoms with E-state index >= 15 is 0 Å². The maximum atomic E-state index is 11.6. The van der Waals surface area contributed by atoms with Crippen molar-refractivity contribution in [2.45, 2.75) is 59.5 Å². The van der Waals surface area contributed by atoms with Crippen molar-refractivity contribution in [1.82, 2.24) is 16.0 Å². The van der Waals surface area contributed by atoms with Gasteiger partial charge >= 0.3 is 6.09 Å². The molecule has 0 heterocycles. The molecule has 6 heteroatoms. The van der Waals surface area contributed by atoms with Gasteiger partial charge in [0.15, 0.2) is 5.96 Å². The molecule has 6 nitrogen and oxygen atoms in total. The number of carbonyl (C=O) groups excluding carboxylic acids is 1. The predicted molar refractivity (Wildman–Crippen MR) is 87.7 cm³/mol. The number of alkyl carbamates (subject to hydrolysis) is 1. The van der Waals surface area contributed by atoms with Crippen LogP contribution in [-0.4, -0.2) is 44.3 Å². The van der Waals surface area contributed by atoms with Crippen LogP contribution in [0.1, 0.15) is 47.5 Å². The van der Waals surface area contributed by atoms with Crippen molar-refractivity contribution >= 4 is 12.1 Å². The first-order valence-electron chi connectivity index (χ1n) is 7.83. The van der Waals surface area contributed by atoms with E-state index in [1.165, 1.54) is 0 Å². The van der Waals surface area contributed by atoms with E-state index in [0.29, 0.717) is 25.1 Å². The number of guanidine groups is 1. The SMILES string of the molecule is CCOC(=O)NC(CNC(=NC)NC(C)CC)CC(C)C. The second kappa shape index (κ2) is 11.2.